The second-order valence-corrected chi connectivity index (χ2v) is 6.45. The molecular weight excluding hydrogens is 374 g/mol. The smallest absolute Gasteiger partial charge is 0.265 e. The Kier molecular flexibility index (Phi) is 6.48. The van der Waals surface area contributed by atoms with Gasteiger partial charge in [0.15, 0.2) is 11.5 Å². The summed E-state index contributed by atoms with van der Waals surface area (Å²) < 4.78 is 18.0. The molecular formula is C20H25N5O4. The number of amides is 1. The number of carbonyl (C=O) groups excluding carboxylic acids is 1. The summed E-state index contributed by atoms with van der Waals surface area (Å²) in [6, 6.07) is 7.42. The number of nitrogens with zero attached hydrogens (tertiary/aromatic N) is 4. The summed E-state index contributed by atoms with van der Waals surface area (Å²) in [4.78, 5) is 12.2. The van der Waals surface area contributed by atoms with E-state index in [1.807, 2.05) is 42.8 Å². The molecule has 0 bridgehead atoms. The Morgan fingerprint density at radius 3 is 2.69 bits per heavy atom. The highest BCUT2D eigenvalue weighted by molar-refractivity contribution is 5.76. The lowest BCUT2D eigenvalue weighted by atomic mass is 10.2. The van der Waals surface area contributed by atoms with E-state index in [-0.39, 0.29) is 12.3 Å². The molecule has 2 heterocycles. The molecule has 0 radical (unpaired) electrons. The van der Waals surface area contributed by atoms with Gasteiger partial charge in [-0.3, -0.25) is 9.48 Å². The number of benzene rings is 1. The third-order valence-corrected chi connectivity index (χ3v) is 4.39. The van der Waals surface area contributed by atoms with Crippen molar-refractivity contribution in [3.8, 4) is 23.1 Å². The summed E-state index contributed by atoms with van der Waals surface area (Å²) in [5.41, 5.74) is 2.58. The molecule has 3 aromatic rings. The Hall–Kier alpha value is -3.36. The molecule has 9 nitrogen and oxygen atoms in total. The van der Waals surface area contributed by atoms with Crippen LogP contribution in [0.4, 0.5) is 0 Å². The van der Waals surface area contributed by atoms with Crippen LogP contribution in [-0.2, 0) is 24.3 Å². The van der Waals surface area contributed by atoms with Crippen molar-refractivity contribution in [2.45, 2.75) is 39.8 Å². The molecule has 2 aromatic heterocycles. The van der Waals surface area contributed by atoms with Crippen molar-refractivity contribution in [2.75, 3.05) is 14.2 Å². The van der Waals surface area contributed by atoms with Crippen molar-refractivity contribution in [1.29, 1.82) is 0 Å². The van der Waals surface area contributed by atoms with Crippen LogP contribution in [-0.4, -0.2) is 40.1 Å². The van der Waals surface area contributed by atoms with E-state index >= 15 is 0 Å². The molecule has 0 atom stereocenters. The van der Waals surface area contributed by atoms with Gasteiger partial charge in [-0.15, -0.1) is 10.2 Å². The zero-order valence-corrected chi connectivity index (χ0v) is 17.1. The third kappa shape index (κ3) is 4.92. The minimum absolute atomic E-state index is 0.103. The maximum Gasteiger partial charge on any atom is 0.265 e. The summed E-state index contributed by atoms with van der Waals surface area (Å²) in [6.45, 7) is 5.01. The standard InChI is InChI=1S/C20H25N5O4/c1-5-25-15(10-13(2)24-25)20-23-22-19(29-20)9-8-18(26)21-12-14-6-7-16(27-3)17(11-14)28-4/h6-7,10-11H,5,8-9,12H2,1-4H3,(H,21,26). The lowest BCUT2D eigenvalue weighted by molar-refractivity contribution is -0.121. The van der Waals surface area contributed by atoms with E-state index in [1.54, 1.807) is 14.2 Å². The largest absolute Gasteiger partial charge is 0.493 e. The van der Waals surface area contributed by atoms with Crippen LogP contribution in [0, 0.1) is 6.92 Å². The quantitative estimate of drug-likeness (QED) is 0.589. The van der Waals surface area contributed by atoms with Crippen molar-refractivity contribution in [2.24, 2.45) is 0 Å². The number of methoxy groups -OCH3 is 2. The van der Waals surface area contributed by atoms with Crippen LogP contribution in [0.3, 0.4) is 0 Å². The fourth-order valence-corrected chi connectivity index (χ4v) is 2.92. The molecule has 0 fully saturated rings. The molecule has 0 aliphatic heterocycles. The van der Waals surface area contributed by atoms with Gasteiger partial charge in [-0.2, -0.15) is 5.10 Å². The number of ether oxygens (including phenoxy) is 2. The van der Waals surface area contributed by atoms with E-state index < -0.39 is 0 Å². The summed E-state index contributed by atoms with van der Waals surface area (Å²) in [5, 5.41) is 15.4. The van der Waals surface area contributed by atoms with Gasteiger partial charge in [0.1, 0.15) is 5.69 Å². The SMILES string of the molecule is CCn1nc(C)cc1-c1nnc(CCC(=O)NCc2ccc(OC)c(OC)c2)o1. The molecule has 154 valence electrons. The average Bonchev–Trinajstić information content (AvgIpc) is 3.36. The fourth-order valence-electron chi connectivity index (χ4n) is 2.92. The van der Waals surface area contributed by atoms with Crippen LogP contribution in [0.15, 0.2) is 28.7 Å². The van der Waals surface area contributed by atoms with Gasteiger partial charge in [0.25, 0.3) is 5.89 Å². The van der Waals surface area contributed by atoms with E-state index in [2.05, 4.69) is 20.6 Å². The van der Waals surface area contributed by atoms with Crippen LogP contribution in [0.25, 0.3) is 11.6 Å². The van der Waals surface area contributed by atoms with Gasteiger partial charge in [0.05, 0.1) is 19.9 Å². The molecule has 1 N–H and O–H groups in total. The van der Waals surface area contributed by atoms with Crippen LogP contribution in [0.5, 0.6) is 11.5 Å². The Balaban J connectivity index is 1.53. The number of aromatic nitrogens is 4. The molecule has 3 rings (SSSR count). The number of hydrogen-bond acceptors (Lipinski definition) is 7. The van der Waals surface area contributed by atoms with Gasteiger partial charge >= 0.3 is 0 Å². The zero-order valence-electron chi connectivity index (χ0n) is 17.1. The van der Waals surface area contributed by atoms with Gasteiger partial charge in [-0.25, -0.2) is 0 Å². The van der Waals surface area contributed by atoms with Crippen molar-refractivity contribution in [3.63, 3.8) is 0 Å². The molecule has 0 saturated carbocycles. The summed E-state index contributed by atoms with van der Waals surface area (Å²) in [6.07, 6.45) is 0.616. The van der Waals surface area contributed by atoms with Gasteiger partial charge in [0.2, 0.25) is 11.8 Å². The fraction of sp³-hybridized carbons (Fsp3) is 0.400. The van der Waals surface area contributed by atoms with Crippen LogP contribution in [0.1, 0.15) is 30.5 Å². The average molecular weight is 399 g/mol. The van der Waals surface area contributed by atoms with Crippen LogP contribution in [0.2, 0.25) is 0 Å². The first kappa shape index (κ1) is 20.4. The normalized spacial score (nSPS) is 10.8. The van der Waals surface area contributed by atoms with Gasteiger partial charge in [-0.1, -0.05) is 6.07 Å². The summed E-state index contributed by atoms with van der Waals surface area (Å²) in [5.74, 6) is 2.00. The molecule has 0 saturated heterocycles. The first-order valence-corrected chi connectivity index (χ1v) is 9.38. The monoisotopic (exact) mass is 399 g/mol. The second kappa shape index (κ2) is 9.22. The molecule has 1 aromatic carbocycles. The first-order valence-electron chi connectivity index (χ1n) is 9.38. The topological polar surface area (TPSA) is 104 Å². The van der Waals surface area contributed by atoms with Crippen LogP contribution < -0.4 is 14.8 Å². The Bertz CT molecular complexity index is 979. The summed E-state index contributed by atoms with van der Waals surface area (Å²) >= 11 is 0. The van der Waals surface area contributed by atoms with Gasteiger partial charge in [-0.05, 0) is 37.6 Å². The van der Waals surface area contributed by atoms with Crippen molar-refractivity contribution < 1.29 is 18.7 Å². The maximum absolute atomic E-state index is 12.2. The predicted molar refractivity (Wildman–Crippen MR) is 106 cm³/mol. The number of hydrogen-bond donors (Lipinski definition) is 1. The van der Waals surface area contributed by atoms with E-state index in [4.69, 9.17) is 13.9 Å². The van der Waals surface area contributed by atoms with E-state index in [0.29, 0.717) is 42.8 Å². The molecule has 0 unspecified atom stereocenters. The minimum Gasteiger partial charge on any atom is -0.493 e. The second-order valence-electron chi connectivity index (χ2n) is 6.45. The highest BCUT2D eigenvalue weighted by Gasteiger charge is 2.15. The molecule has 0 aliphatic carbocycles. The highest BCUT2D eigenvalue weighted by atomic mass is 16.5. The number of rotatable bonds is 9. The molecule has 0 aliphatic rings. The lowest BCUT2D eigenvalue weighted by Crippen LogP contribution is -2.23. The van der Waals surface area contributed by atoms with E-state index in [0.717, 1.165) is 17.0 Å². The van der Waals surface area contributed by atoms with Gasteiger partial charge in [0, 0.05) is 25.9 Å². The Labute approximate surface area is 169 Å². The first-order chi connectivity index (χ1) is 14.0. The van der Waals surface area contributed by atoms with E-state index in [1.165, 1.54) is 0 Å². The predicted octanol–water partition coefficient (Wildman–Crippen LogP) is 2.53. The highest BCUT2D eigenvalue weighted by Crippen LogP contribution is 2.27. The van der Waals surface area contributed by atoms with Crippen LogP contribution >= 0.6 is 0 Å². The van der Waals surface area contributed by atoms with Crippen molar-refractivity contribution in [3.05, 3.63) is 41.4 Å². The molecule has 9 heteroatoms. The number of nitrogens with one attached hydrogen (secondary N) is 1. The Morgan fingerprint density at radius 2 is 1.97 bits per heavy atom. The lowest BCUT2D eigenvalue weighted by Gasteiger charge is -2.10. The number of carbonyl (C=O) groups is 1. The van der Waals surface area contributed by atoms with Crippen molar-refractivity contribution in [1.82, 2.24) is 25.3 Å². The van der Waals surface area contributed by atoms with Crippen molar-refractivity contribution >= 4 is 5.91 Å². The zero-order chi connectivity index (χ0) is 20.8. The third-order valence-electron chi connectivity index (χ3n) is 4.39. The molecule has 0 spiro atoms. The minimum atomic E-state index is -0.103. The molecule has 29 heavy (non-hydrogen) atoms. The van der Waals surface area contributed by atoms with E-state index in [9.17, 15) is 4.79 Å². The molecule has 1 amide bonds. The summed E-state index contributed by atoms with van der Waals surface area (Å²) in [7, 11) is 3.16. The maximum atomic E-state index is 12.2. The Morgan fingerprint density at radius 1 is 1.17 bits per heavy atom. The van der Waals surface area contributed by atoms with Gasteiger partial charge < -0.3 is 19.2 Å². The number of aryl methyl sites for hydroxylation is 3.